The molecule has 0 aromatic heterocycles. The summed E-state index contributed by atoms with van der Waals surface area (Å²) in [6, 6.07) is 6.83. The van der Waals surface area contributed by atoms with Gasteiger partial charge < -0.3 is 14.8 Å². The number of ether oxygens (including phenoxy) is 2. The first-order chi connectivity index (χ1) is 8.49. The van der Waals surface area contributed by atoms with Gasteiger partial charge in [-0.1, -0.05) is 19.9 Å². The molecule has 1 aromatic carbocycles. The van der Waals surface area contributed by atoms with Gasteiger partial charge in [-0.05, 0) is 37.5 Å². The minimum absolute atomic E-state index is 0.294. The quantitative estimate of drug-likeness (QED) is 0.840. The van der Waals surface area contributed by atoms with Crippen molar-refractivity contribution < 1.29 is 9.47 Å². The number of benzene rings is 1. The topological polar surface area (TPSA) is 30.5 Å². The van der Waals surface area contributed by atoms with Crippen molar-refractivity contribution in [1.82, 2.24) is 5.32 Å². The van der Waals surface area contributed by atoms with E-state index >= 15 is 0 Å². The molecule has 102 valence electrons. The lowest BCUT2D eigenvalue weighted by molar-refractivity contribution is 0.352. The van der Waals surface area contributed by atoms with E-state index in [1.54, 1.807) is 14.2 Å². The minimum Gasteiger partial charge on any atom is -0.493 e. The Morgan fingerprint density at radius 3 is 2.06 bits per heavy atom. The van der Waals surface area contributed by atoms with Gasteiger partial charge in [-0.25, -0.2) is 0 Å². The number of hydrogen-bond acceptors (Lipinski definition) is 3. The van der Waals surface area contributed by atoms with Crippen LogP contribution in [0, 0.1) is 5.92 Å². The number of hydrogen-bond donors (Lipinski definition) is 1. The van der Waals surface area contributed by atoms with Gasteiger partial charge in [0, 0.05) is 12.1 Å². The fourth-order valence-corrected chi connectivity index (χ4v) is 1.81. The zero-order valence-electron chi connectivity index (χ0n) is 12.3. The van der Waals surface area contributed by atoms with E-state index in [9.17, 15) is 0 Å². The van der Waals surface area contributed by atoms with Crippen molar-refractivity contribution in [3.8, 4) is 11.5 Å². The Balaban J connectivity index is 2.83. The Labute approximate surface area is 110 Å². The highest BCUT2D eigenvalue weighted by molar-refractivity contribution is 5.43. The molecule has 18 heavy (non-hydrogen) atoms. The summed E-state index contributed by atoms with van der Waals surface area (Å²) in [5, 5.41) is 3.59. The lowest BCUT2D eigenvalue weighted by atomic mass is 10.0. The predicted molar refractivity (Wildman–Crippen MR) is 75.4 cm³/mol. The number of nitrogens with one attached hydrogen (secondary N) is 1. The molecule has 0 aliphatic rings. The van der Waals surface area contributed by atoms with E-state index in [4.69, 9.17) is 9.47 Å². The standard InChI is InChI=1S/C15H25NO2/c1-10(2)11(3)16-12(4)13-7-8-14(17-5)15(9-13)18-6/h7-12,16H,1-6H3. The maximum Gasteiger partial charge on any atom is 0.161 e. The fraction of sp³-hybridized carbons (Fsp3) is 0.600. The molecule has 0 radical (unpaired) electrons. The average Bonchev–Trinajstić information content (AvgIpc) is 2.37. The number of methoxy groups -OCH3 is 2. The zero-order chi connectivity index (χ0) is 13.7. The Hall–Kier alpha value is -1.22. The lowest BCUT2D eigenvalue weighted by Gasteiger charge is -2.23. The van der Waals surface area contributed by atoms with E-state index in [1.807, 2.05) is 12.1 Å². The summed E-state index contributed by atoms with van der Waals surface area (Å²) in [5.74, 6) is 2.17. The van der Waals surface area contributed by atoms with Gasteiger partial charge in [-0.3, -0.25) is 0 Å². The van der Waals surface area contributed by atoms with Crippen molar-refractivity contribution in [3.05, 3.63) is 23.8 Å². The van der Waals surface area contributed by atoms with Crippen molar-refractivity contribution in [3.63, 3.8) is 0 Å². The highest BCUT2D eigenvalue weighted by Crippen LogP contribution is 2.30. The van der Waals surface area contributed by atoms with Crippen molar-refractivity contribution in [2.45, 2.75) is 39.8 Å². The van der Waals surface area contributed by atoms with Crippen LogP contribution in [0.2, 0.25) is 0 Å². The van der Waals surface area contributed by atoms with Crippen LogP contribution < -0.4 is 14.8 Å². The average molecular weight is 251 g/mol. The third kappa shape index (κ3) is 3.64. The Morgan fingerprint density at radius 2 is 1.56 bits per heavy atom. The van der Waals surface area contributed by atoms with Crippen LogP contribution in [0.1, 0.15) is 39.3 Å². The molecule has 0 aliphatic heterocycles. The lowest BCUT2D eigenvalue weighted by Crippen LogP contribution is -2.32. The van der Waals surface area contributed by atoms with Gasteiger partial charge in [0.25, 0.3) is 0 Å². The van der Waals surface area contributed by atoms with Crippen LogP contribution >= 0.6 is 0 Å². The van der Waals surface area contributed by atoms with Crippen LogP contribution in [-0.4, -0.2) is 20.3 Å². The third-order valence-electron chi connectivity index (χ3n) is 3.42. The second-order valence-electron chi connectivity index (χ2n) is 5.04. The third-order valence-corrected chi connectivity index (χ3v) is 3.42. The van der Waals surface area contributed by atoms with Gasteiger partial charge >= 0.3 is 0 Å². The van der Waals surface area contributed by atoms with Crippen LogP contribution in [0.25, 0.3) is 0 Å². The summed E-state index contributed by atoms with van der Waals surface area (Å²) in [4.78, 5) is 0. The van der Waals surface area contributed by atoms with Gasteiger partial charge in [-0.2, -0.15) is 0 Å². The van der Waals surface area contributed by atoms with E-state index in [-0.39, 0.29) is 0 Å². The van der Waals surface area contributed by atoms with Gasteiger partial charge in [0.1, 0.15) is 0 Å². The molecule has 1 aromatic rings. The molecule has 1 N–H and O–H groups in total. The summed E-state index contributed by atoms with van der Waals surface area (Å²) in [6.45, 7) is 8.82. The summed E-state index contributed by atoms with van der Waals surface area (Å²) in [6.07, 6.45) is 0. The summed E-state index contributed by atoms with van der Waals surface area (Å²) >= 11 is 0. The van der Waals surface area contributed by atoms with Crippen LogP contribution in [0.15, 0.2) is 18.2 Å². The molecule has 3 nitrogen and oxygen atoms in total. The van der Waals surface area contributed by atoms with Gasteiger partial charge in [0.2, 0.25) is 0 Å². The highest BCUT2D eigenvalue weighted by atomic mass is 16.5. The fourth-order valence-electron chi connectivity index (χ4n) is 1.81. The second kappa shape index (κ2) is 6.64. The van der Waals surface area contributed by atoms with Crippen molar-refractivity contribution in [2.24, 2.45) is 5.92 Å². The Kier molecular flexibility index (Phi) is 5.48. The maximum absolute atomic E-state index is 5.33. The van der Waals surface area contributed by atoms with E-state index in [0.29, 0.717) is 18.0 Å². The molecule has 2 atom stereocenters. The summed E-state index contributed by atoms with van der Waals surface area (Å²) in [5.41, 5.74) is 1.21. The van der Waals surface area contributed by atoms with E-state index < -0.39 is 0 Å². The second-order valence-corrected chi connectivity index (χ2v) is 5.04. The first-order valence-corrected chi connectivity index (χ1v) is 6.47. The molecule has 0 bridgehead atoms. The maximum atomic E-state index is 5.33. The highest BCUT2D eigenvalue weighted by Gasteiger charge is 2.14. The molecule has 0 amide bonds. The Bertz CT molecular complexity index is 377. The van der Waals surface area contributed by atoms with Crippen LogP contribution in [0.4, 0.5) is 0 Å². The van der Waals surface area contributed by atoms with E-state index in [1.165, 1.54) is 5.56 Å². The van der Waals surface area contributed by atoms with Crippen LogP contribution in [0.5, 0.6) is 11.5 Å². The van der Waals surface area contributed by atoms with Gasteiger partial charge in [0.05, 0.1) is 14.2 Å². The molecule has 0 spiro atoms. The molecule has 0 aliphatic carbocycles. The minimum atomic E-state index is 0.294. The molecule has 3 heteroatoms. The molecular weight excluding hydrogens is 226 g/mol. The molecule has 0 saturated carbocycles. The SMILES string of the molecule is COc1ccc(C(C)NC(C)C(C)C)cc1OC. The molecular formula is C15H25NO2. The molecule has 2 unspecified atom stereocenters. The smallest absolute Gasteiger partial charge is 0.161 e. The Morgan fingerprint density at radius 1 is 0.944 bits per heavy atom. The van der Waals surface area contributed by atoms with Crippen molar-refractivity contribution >= 4 is 0 Å². The summed E-state index contributed by atoms with van der Waals surface area (Å²) in [7, 11) is 3.32. The molecule has 1 rings (SSSR count). The molecule has 0 fully saturated rings. The summed E-state index contributed by atoms with van der Waals surface area (Å²) < 4.78 is 10.6. The van der Waals surface area contributed by atoms with Crippen LogP contribution in [-0.2, 0) is 0 Å². The molecule has 0 heterocycles. The van der Waals surface area contributed by atoms with Gasteiger partial charge in [0.15, 0.2) is 11.5 Å². The first kappa shape index (κ1) is 14.8. The number of rotatable bonds is 6. The van der Waals surface area contributed by atoms with E-state index in [0.717, 1.165) is 11.5 Å². The van der Waals surface area contributed by atoms with E-state index in [2.05, 4.69) is 39.1 Å². The van der Waals surface area contributed by atoms with Crippen molar-refractivity contribution in [1.29, 1.82) is 0 Å². The van der Waals surface area contributed by atoms with Crippen LogP contribution in [0.3, 0.4) is 0 Å². The van der Waals surface area contributed by atoms with Crippen molar-refractivity contribution in [2.75, 3.05) is 14.2 Å². The zero-order valence-corrected chi connectivity index (χ0v) is 12.3. The normalized spacial score (nSPS) is 14.4. The first-order valence-electron chi connectivity index (χ1n) is 6.47. The molecule has 0 saturated heterocycles. The predicted octanol–water partition coefficient (Wildman–Crippen LogP) is 3.40. The largest absolute Gasteiger partial charge is 0.493 e. The van der Waals surface area contributed by atoms with Gasteiger partial charge in [-0.15, -0.1) is 0 Å². The monoisotopic (exact) mass is 251 g/mol.